The minimum Gasteiger partial charge on any atom is -0.403 e. The molecule has 0 spiro atoms. The standard InChI is InChI=1S/C20H17BrF3N3O5S/c21-16-4-3-15(33-16)19(30)25-11-7-17(28)27(9-11)12-1-2-13(14(8-12)32-20(22,23)24)26-5-6-31-10-18(26)29/h1-4,8,11H,5-7,9-10H2,(H,25,30)/t11-/m1/s1. The number of rotatable bonds is 5. The lowest BCUT2D eigenvalue weighted by atomic mass is 10.2. The number of alkyl halides is 3. The number of benzene rings is 1. The Morgan fingerprint density at radius 1 is 1.18 bits per heavy atom. The third-order valence-electron chi connectivity index (χ3n) is 5.01. The summed E-state index contributed by atoms with van der Waals surface area (Å²) in [5.74, 6) is -1.80. The Morgan fingerprint density at radius 3 is 2.64 bits per heavy atom. The van der Waals surface area contributed by atoms with Crippen LogP contribution in [0.15, 0.2) is 34.1 Å². The topological polar surface area (TPSA) is 88.2 Å². The van der Waals surface area contributed by atoms with Crippen LogP contribution in [-0.2, 0) is 14.3 Å². The number of anilines is 2. The van der Waals surface area contributed by atoms with Crippen molar-refractivity contribution in [3.63, 3.8) is 0 Å². The number of carbonyl (C=O) groups is 3. The van der Waals surface area contributed by atoms with E-state index in [4.69, 9.17) is 4.74 Å². The molecule has 2 aromatic rings. The lowest BCUT2D eigenvalue weighted by Gasteiger charge is -2.29. The zero-order valence-corrected chi connectivity index (χ0v) is 19.3. The quantitative estimate of drug-likeness (QED) is 0.620. The van der Waals surface area contributed by atoms with Gasteiger partial charge in [-0.15, -0.1) is 24.5 Å². The van der Waals surface area contributed by atoms with Crippen LogP contribution in [0.25, 0.3) is 0 Å². The van der Waals surface area contributed by atoms with Crippen LogP contribution in [0, 0.1) is 0 Å². The smallest absolute Gasteiger partial charge is 0.403 e. The van der Waals surface area contributed by atoms with Gasteiger partial charge in [0.2, 0.25) is 5.91 Å². The molecule has 2 fully saturated rings. The Morgan fingerprint density at radius 2 is 1.97 bits per heavy atom. The molecule has 4 rings (SSSR count). The molecule has 0 bridgehead atoms. The van der Waals surface area contributed by atoms with Gasteiger partial charge in [-0.3, -0.25) is 14.4 Å². The maximum absolute atomic E-state index is 13.1. The first-order valence-electron chi connectivity index (χ1n) is 9.75. The first kappa shape index (κ1) is 23.5. The molecule has 0 saturated carbocycles. The molecule has 1 aromatic heterocycles. The molecule has 8 nitrogen and oxygen atoms in total. The van der Waals surface area contributed by atoms with Crippen molar-refractivity contribution in [1.82, 2.24) is 5.32 Å². The van der Waals surface area contributed by atoms with E-state index in [-0.39, 0.29) is 55.9 Å². The predicted molar refractivity (Wildman–Crippen MR) is 117 cm³/mol. The molecular formula is C20H17BrF3N3O5S. The molecule has 1 N–H and O–H groups in total. The number of carbonyl (C=O) groups excluding carboxylic acids is 3. The van der Waals surface area contributed by atoms with Crippen LogP contribution in [0.1, 0.15) is 16.1 Å². The Labute approximate surface area is 198 Å². The number of halogens is 4. The number of morpholine rings is 1. The molecular weight excluding hydrogens is 531 g/mol. The van der Waals surface area contributed by atoms with Crippen molar-refractivity contribution in [2.75, 3.05) is 36.1 Å². The third kappa shape index (κ3) is 5.47. The van der Waals surface area contributed by atoms with E-state index in [1.54, 1.807) is 12.1 Å². The number of nitrogens with one attached hydrogen (secondary N) is 1. The number of ether oxygens (including phenoxy) is 2. The van der Waals surface area contributed by atoms with Crippen molar-refractivity contribution >= 4 is 56.4 Å². The molecule has 3 heterocycles. The Balaban J connectivity index is 1.55. The van der Waals surface area contributed by atoms with E-state index in [2.05, 4.69) is 26.0 Å². The minimum atomic E-state index is -5.00. The molecule has 2 aliphatic rings. The molecule has 2 aliphatic heterocycles. The molecule has 13 heteroatoms. The van der Waals surface area contributed by atoms with Crippen LogP contribution in [0.3, 0.4) is 0 Å². The van der Waals surface area contributed by atoms with Crippen molar-refractivity contribution in [3.8, 4) is 5.75 Å². The molecule has 0 radical (unpaired) electrons. The number of nitrogens with zero attached hydrogens (tertiary/aromatic N) is 2. The second-order valence-electron chi connectivity index (χ2n) is 7.28. The Kier molecular flexibility index (Phi) is 6.64. The van der Waals surface area contributed by atoms with Crippen molar-refractivity contribution in [2.45, 2.75) is 18.8 Å². The highest BCUT2D eigenvalue weighted by Gasteiger charge is 2.36. The SMILES string of the molecule is O=C(N[C@@H]1CC(=O)N(c2ccc(N3CCOCC3=O)c(OC(F)(F)F)c2)C1)c1ccc(Br)s1. The summed E-state index contributed by atoms with van der Waals surface area (Å²) in [6.07, 6.45) is -5.00. The van der Waals surface area contributed by atoms with Gasteiger partial charge in [0.05, 0.1) is 27.0 Å². The normalized spacial score (nSPS) is 19.2. The van der Waals surface area contributed by atoms with E-state index in [1.165, 1.54) is 28.4 Å². The second-order valence-corrected chi connectivity index (χ2v) is 9.74. The molecule has 33 heavy (non-hydrogen) atoms. The van der Waals surface area contributed by atoms with Crippen molar-refractivity contribution < 1.29 is 37.0 Å². The van der Waals surface area contributed by atoms with E-state index in [9.17, 15) is 27.6 Å². The fourth-order valence-electron chi connectivity index (χ4n) is 3.62. The average molecular weight is 548 g/mol. The van der Waals surface area contributed by atoms with E-state index < -0.39 is 24.1 Å². The largest absolute Gasteiger partial charge is 0.573 e. The highest BCUT2D eigenvalue weighted by Crippen LogP contribution is 2.38. The number of hydrogen-bond donors (Lipinski definition) is 1. The molecule has 1 atom stereocenters. The second kappa shape index (κ2) is 9.31. The highest BCUT2D eigenvalue weighted by atomic mass is 79.9. The summed E-state index contributed by atoms with van der Waals surface area (Å²) in [4.78, 5) is 40.0. The van der Waals surface area contributed by atoms with Crippen LogP contribution >= 0.6 is 27.3 Å². The molecule has 2 saturated heterocycles. The molecule has 1 aromatic carbocycles. The van der Waals surface area contributed by atoms with Gasteiger partial charge in [-0.1, -0.05) is 0 Å². The summed E-state index contributed by atoms with van der Waals surface area (Å²) < 4.78 is 49.2. The van der Waals surface area contributed by atoms with Gasteiger partial charge in [0, 0.05) is 31.3 Å². The van der Waals surface area contributed by atoms with Gasteiger partial charge in [-0.25, -0.2) is 0 Å². The third-order valence-corrected chi connectivity index (χ3v) is 6.64. The van der Waals surface area contributed by atoms with E-state index >= 15 is 0 Å². The lowest BCUT2D eigenvalue weighted by molar-refractivity contribution is -0.274. The maximum Gasteiger partial charge on any atom is 0.573 e. The molecule has 176 valence electrons. The summed E-state index contributed by atoms with van der Waals surface area (Å²) >= 11 is 4.52. The van der Waals surface area contributed by atoms with Gasteiger partial charge in [0.25, 0.3) is 11.8 Å². The summed E-state index contributed by atoms with van der Waals surface area (Å²) in [6, 6.07) is 6.68. The zero-order chi connectivity index (χ0) is 23.8. The van der Waals surface area contributed by atoms with Gasteiger partial charge >= 0.3 is 6.36 Å². The van der Waals surface area contributed by atoms with E-state index in [1.807, 2.05) is 0 Å². The van der Waals surface area contributed by atoms with Crippen LogP contribution in [0.4, 0.5) is 24.5 Å². The van der Waals surface area contributed by atoms with Crippen LogP contribution in [-0.4, -0.2) is 56.4 Å². The van der Waals surface area contributed by atoms with E-state index in [0.717, 1.165) is 14.8 Å². The fraction of sp³-hybridized carbons (Fsp3) is 0.350. The van der Waals surface area contributed by atoms with Crippen LogP contribution in [0.2, 0.25) is 0 Å². The highest BCUT2D eigenvalue weighted by molar-refractivity contribution is 9.11. The Hall–Kier alpha value is -2.64. The molecule has 3 amide bonds. The van der Waals surface area contributed by atoms with Crippen molar-refractivity contribution in [2.24, 2.45) is 0 Å². The summed E-state index contributed by atoms with van der Waals surface area (Å²) in [5, 5.41) is 2.77. The number of amides is 3. The van der Waals surface area contributed by atoms with Gasteiger partial charge < -0.3 is 24.6 Å². The molecule has 0 unspecified atom stereocenters. The Bertz CT molecular complexity index is 1090. The number of hydrogen-bond acceptors (Lipinski definition) is 6. The summed E-state index contributed by atoms with van der Waals surface area (Å²) in [5.41, 5.74) is 0.100. The van der Waals surface area contributed by atoms with Gasteiger partial charge in [-0.05, 0) is 40.2 Å². The minimum absolute atomic E-state index is 0.00253. The van der Waals surface area contributed by atoms with Gasteiger partial charge in [-0.2, -0.15) is 0 Å². The van der Waals surface area contributed by atoms with Gasteiger partial charge in [0.1, 0.15) is 6.61 Å². The van der Waals surface area contributed by atoms with Crippen LogP contribution in [0.5, 0.6) is 5.75 Å². The van der Waals surface area contributed by atoms with Gasteiger partial charge in [0.15, 0.2) is 5.75 Å². The summed E-state index contributed by atoms with van der Waals surface area (Å²) in [7, 11) is 0. The number of thiophene rings is 1. The van der Waals surface area contributed by atoms with Crippen molar-refractivity contribution in [3.05, 3.63) is 39.0 Å². The van der Waals surface area contributed by atoms with E-state index in [0.29, 0.717) is 4.88 Å². The summed E-state index contributed by atoms with van der Waals surface area (Å²) in [6.45, 7) is 0.0755. The maximum atomic E-state index is 13.1. The van der Waals surface area contributed by atoms with Crippen molar-refractivity contribution in [1.29, 1.82) is 0 Å². The zero-order valence-electron chi connectivity index (χ0n) is 16.9. The first-order valence-corrected chi connectivity index (χ1v) is 11.4. The predicted octanol–water partition coefficient (Wildman–Crippen LogP) is 3.31. The first-order chi connectivity index (χ1) is 15.6. The fourth-order valence-corrected chi connectivity index (χ4v) is 4.91. The molecule has 0 aliphatic carbocycles. The monoisotopic (exact) mass is 547 g/mol. The lowest BCUT2D eigenvalue weighted by Crippen LogP contribution is -2.42. The van der Waals surface area contributed by atoms with Crippen LogP contribution < -0.4 is 19.9 Å². The average Bonchev–Trinajstić information content (AvgIpc) is 3.33.